The summed E-state index contributed by atoms with van der Waals surface area (Å²) in [7, 11) is 2.16. The fourth-order valence-electron chi connectivity index (χ4n) is 2.60. The third kappa shape index (κ3) is 6.25. The number of hydrogen-bond acceptors (Lipinski definition) is 1. The summed E-state index contributed by atoms with van der Waals surface area (Å²) in [5, 5.41) is 3.36. The van der Waals surface area contributed by atoms with E-state index in [1.54, 1.807) is 0 Å². The molecule has 1 aliphatic carbocycles. The van der Waals surface area contributed by atoms with Crippen LogP contribution in [0.2, 0.25) is 0 Å². The molecular formula is C14H30IN3. The first-order valence-corrected chi connectivity index (χ1v) is 7.16. The number of halogens is 1. The highest BCUT2D eigenvalue weighted by molar-refractivity contribution is 14.0. The van der Waals surface area contributed by atoms with Crippen LogP contribution in [0.25, 0.3) is 0 Å². The Labute approximate surface area is 130 Å². The molecule has 0 radical (unpaired) electrons. The van der Waals surface area contributed by atoms with Crippen LogP contribution in [0.15, 0.2) is 4.99 Å². The molecule has 1 N–H and O–H groups in total. The molecule has 0 aromatic heterocycles. The van der Waals surface area contributed by atoms with Crippen LogP contribution in [0.3, 0.4) is 0 Å². The number of rotatable bonds is 4. The predicted molar refractivity (Wildman–Crippen MR) is 90.8 cm³/mol. The van der Waals surface area contributed by atoms with Crippen molar-refractivity contribution in [2.75, 3.05) is 26.7 Å². The van der Waals surface area contributed by atoms with Gasteiger partial charge in [0.15, 0.2) is 5.96 Å². The molecule has 108 valence electrons. The summed E-state index contributed by atoms with van der Waals surface area (Å²) in [4.78, 5) is 6.82. The van der Waals surface area contributed by atoms with E-state index in [0.717, 1.165) is 37.4 Å². The smallest absolute Gasteiger partial charge is 0.193 e. The van der Waals surface area contributed by atoms with E-state index in [1.807, 2.05) is 0 Å². The molecule has 0 saturated heterocycles. The van der Waals surface area contributed by atoms with E-state index in [-0.39, 0.29) is 24.0 Å². The lowest BCUT2D eigenvalue weighted by Crippen LogP contribution is -2.41. The molecule has 1 saturated carbocycles. The van der Waals surface area contributed by atoms with Crippen LogP contribution >= 0.6 is 24.0 Å². The number of aliphatic imine (C=N–C) groups is 1. The Morgan fingerprint density at radius 3 is 2.33 bits per heavy atom. The van der Waals surface area contributed by atoms with Crippen molar-refractivity contribution in [1.82, 2.24) is 10.2 Å². The number of guanidine groups is 1. The molecule has 1 fully saturated rings. The zero-order valence-corrected chi connectivity index (χ0v) is 14.7. The summed E-state index contributed by atoms with van der Waals surface area (Å²) in [6, 6.07) is 0. The maximum absolute atomic E-state index is 4.53. The highest BCUT2D eigenvalue weighted by atomic mass is 127. The van der Waals surface area contributed by atoms with E-state index in [2.05, 4.69) is 43.0 Å². The highest BCUT2D eigenvalue weighted by Crippen LogP contribution is 2.28. The quantitative estimate of drug-likeness (QED) is 0.469. The van der Waals surface area contributed by atoms with Crippen LogP contribution in [0.4, 0.5) is 0 Å². The minimum absolute atomic E-state index is 0. The summed E-state index contributed by atoms with van der Waals surface area (Å²) in [5.41, 5.74) is 0. The molecule has 0 heterocycles. The molecule has 0 amide bonds. The average molecular weight is 367 g/mol. The molecule has 1 aliphatic rings. The molecule has 0 spiro atoms. The van der Waals surface area contributed by atoms with Gasteiger partial charge in [-0.2, -0.15) is 0 Å². The molecule has 3 nitrogen and oxygen atoms in total. The van der Waals surface area contributed by atoms with Crippen molar-refractivity contribution >= 4 is 29.9 Å². The number of nitrogens with zero attached hydrogens (tertiary/aromatic N) is 2. The van der Waals surface area contributed by atoms with Crippen molar-refractivity contribution in [3.8, 4) is 0 Å². The van der Waals surface area contributed by atoms with Gasteiger partial charge in [-0.15, -0.1) is 24.0 Å². The molecule has 18 heavy (non-hydrogen) atoms. The monoisotopic (exact) mass is 367 g/mol. The van der Waals surface area contributed by atoms with Crippen molar-refractivity contribution in [3.63, 3.8) is 0 Å². The molecule has 0 atom stereocenters. The molecule has 1 rings (SSSR count). The molecule has 0 aliphatic heterocycles. The van der Waals surface area contributed by atoms with Gasteiger partial charge < -0.3 is 10.2 Å². The van der Waals surface area contributed by atoms with Gasteiger partial charge in [0.05, 0.1) is 0 Å². The highest BCUT2D eigenvalue weighted by Gasteiger charge is 2.20. The van der Waals surface area contributed by atoms with Gasteiger partial charge >= 0.3 is 0 Å². The van der Waals surface area contributed by atoms with E-state index in [4.69, 9.17) is 0 Å². The van der Waals surface area contributed by atoms with Crippen LogP contribution in [-0.2, 0) is 0 Å². The Morgan fingerprint density at radius 2 is 1.83 bits per heavy atom. The Kier molecular flexibility index (Phi) is 9.87. The molecule has 0 bridgehead atoms. The second-order valence-corrected chi connectivity index (χ2v) is 5.33. The van der Waals surface area contributed by atoms with Crippen LogP contribution in [0.5, 0.6) is 0 Å². The van der Waals surface area contributed by atoms with Crippen molar-refractivity contribution in [1.29, 1.82) is 0 Å². The predicted octanol–water partition coefficient (Wildman–Crippen LogP) is 3.35. The molecule has 0 aromatic rings. The third-order valence-electron chi connectivity index (χ3n) is 3.67. The first kappa shape index (κ1) is 18.0. The van der Waals surface area contributed by atoms with Crippen molar-refractivity contribution in [2.24, 2.45) is 16.8 Å². The van der Waals surface area contributed by atoms with Gasteiger partial charge in [-0.3, -0.25) is 4.99 Å². The van der Waals surface area contributed by atoms with Crippen LogP contribution in [0.1, 0.15) is 46.5 Å². The van der Waals surface area contributed by atoms with Crippen LogP contribution < -0.4 is 5.32 Å². The maximum atomic E-state index is 4.53. The maximum Gasteiger partial charge on any atom is 0.193 e. The largest absolute Gasteiger partial charge is 0.357 e. The van der Waals surface area contributed by atoms with E-state index < -0.39 is 0 Å². The fraction of sp³-hybridized carbons (Fsp3) is 0.929. The summed E-state index contributed by atoms with van der Waals surface area (Å²) >= 11 is 0. The van der Waals surface area contributed by atoms with E-state index >= 15 is 0 Å². The van der Waals surface area contributed by atoms with Gasteiger partial charge in [-0.05, 0) is 38.5 Å². The molecular weight excluding hydrogens is 337 g/mol. The molecule has 0 unspecified atom stereocenters. The summed E-state index contributed by atoms with van der Waals surface area (Å²) in [5.74, 6) is 2.86. The van der Waals surface area contributed by atoms with Crippen molar-refractivity contribution < 1.29 is 0 Å². The Balaban J connectivity index is 0.00000289. The lowest BCUT2D eigenvalue weighted by Gasteiger charge is -2.31. The van der Waals surface area contributed by atoms with E-state index in [9.17, 15) is 0 Å². The van der Waals surface area contributed by atoms with Gasteiger partial charge in [0, 0.05) is 26.7 Å². The van der Waals surface area contributed by atoms with Gasteiger partial charge in [0.2, 0.25) is 0 Å². The summed E-state index contributed by atoms with van der Waals surface area (Å²) in [6.07, 6.45) is 5.58. The number of hydrogen-bond donors (Lipinski definition) is 1. The standard InChI is InChI=1S/C14H29N3.HI/c1-5-15-14(16-6-2)17(4)11-13-9-7-12(3)8-10-13;/h12-13H,5-11H2,1-4H3,(H,15,16);1H. The molecule has 4 heteroatoms. The molecule has 0 aromatic carbocycles. The second kappa shape index (κ2) is 9.87. The first-order chi connectivity index (χ1) is 8.17. The van der Waals surface area contributed by atoms with Gasteiger partial charge in [0.1, 0.15) is 0 Å². The van der Waals surface area contributed by atoms with Gasteiger partial charge in [-0.1, -0.05) is 19.8 Å². The topological polar surface area (TPSA) is 27.6 Å². The lowest BCUT2D eigenvalue weighted by molar-refractivity contribution is 0.250. The van der Waals surface area contributed by atoms with Crippen molar-refractivity contribution in [2.45, 2.75) is 46.5 Å². The fourth-order valence-corrected chi connectivity index (χ4v) is 2.60. The van der Waals surface area contributed by atoms with Crippen molar-refractivity contribution in [3.05, 3.63) is 0 Å². The zero-order valence-electron chi connectivity index (χ0n) is 12.4. The Bertz CT molecular complexity index is 235. The Hall–Kier alpha value is 0. The Morgan fingerprint density at radius 1 is 1.22 bits per heavy atom. The van der Waals surface area contributed by atoms with Crippen LogP contribution in [-0.4, -0.2) is 37.5 Å². The lowest BCUT2D eigenvalue weighted by atomic mass is 9.83. The minimum Gasteiger partial charge on any atom is -0.357 e. The normalized spacial score (nSPS) is 24.3. The minimum atomic E-state index is 0. The van der Waals surface area contributed by atoms with E-state index in [1.165, 1.54) is 25.7 Å². The third-order valence-corrected chi connectivity index (χ3v) is 3.67. The van der Waals surface area contributed by atoms with E-state index in [0.29, 0.717) is 0 Å². The summed E-state index contributed by atoms with van der Waals surface area (Å²) < 4.78 is 0. The van der Waals surface area contributed by atoms with Gasteiger partial charge in [-0.25, -0.2) is 0 Å². The zero-order chi connectivity index (χ0) is 12.7. The summed E-state index contributed by atoms with van der Waals surface area (Å²) in [6.45, 7) is 9.55. The first-order valence-electron chi connectivity index (χ1n) is 7.16. The second-order valence-electron chi connectivity index (χ2n) is 5.33. The van der Waals surface area contributed by atoms with Gasteiger partial charge in [0.25, 0.3) is 0 Å². The van der Waals surface area contributed by atoms with Crippen LogP contribution in [0, 0.1) is 11.8 Å². The number of nitrogens with one attached hydrogen (secondary N) is 1. The average Bonchev–Trinajstić information content (AvgIpc) is 2.32. The SMILES string of the molecule is CCN=C(NCC)N(C)CC1CCC(C)CC1.I.